The van der Waals surface area contributed by atoms with Gasteiger partial charge in [-0.25, -0.2) is 9.97 Å². The summed E-state index contributed by atoms with van der Waals surface area (Å²) >= 11 is 1.73. The molecule has 1 N–H and O–H groups in total. The van der Waals surface area contributed by atoms with Crippen molar-refractivity contribution >= 4 is 33.3 Å². The fourth-order valence-electron chi connectivity index (χ4n) is 3.28. The van der Waals surface area contributed by atoms with E-state index >= 15 is 0 Å². The highest BCUT2D eigenvalue weighted by Gasteiger charge is 2.27. The number of hydrogen-bond donors (Lipinski definition) is 1. The summed E-state index contributed by atoms with van der Waals surface area (Å²) in [5, 5.41) is 4.15. The zero-order valence-corrected chi connectivity index (χ0v) is 15.8. The Labute approximate surface area is 152 Å². The molecule has 0 bridgehead atoms. The van der Waals surface area contributed by atoms with Gasteiger partial charge in [-0.15, -0.1) is 11.3 Å². The van der Waals surface area contributed by atoms with Crippen molar-refractivity contribution in [3.63, 3.8) is 0 Å². The molecule has 1 aliphatic heterocycles. The van der Waals surface area contributed by atoms with E-state index in [4.69, 9.17) is 4.74 Å². The SMILES string of the molecule is CCc1cc2c(N3CCCC(C(=O)NCCCOC)C3)ncnc2s1. The summed E-state index contributed by atoms with van der Waals surface area (Å²) in [6.07, 6.45) is 5.44. The van der Waals surface area contributed by atoms with Crippen molar-refractivity contribution in [3.05, 3.63) is 17.3 Å². The molecule has 136 valence electrons. The van der Waals surface area contributed by atoms with Crippen LogP contribution in [0.5, 0.6) is 0 Å². The van der Waals surface area contributed by atoms with Crippen molar-refractivity contribution in [1.82, 2.24) is 15.3 Å². The lowest BCUT2D eigenvalue weighted by molar-refractivity contribution is -0.125. The van der Waals surface area contributed by atoms with Crippen LogP contribution >= 0.6 is 11.3 Å². The lowest BCUT2D eigenvalue weighted by atomic mass is 9.97. The third-order valence-electron chi connectivity index (χ3n) is 4.62. The van der Waals surface area contributed by atoms with Gasteiger partial charge in [0, 0.05) is 38.2 Å². The third kappa shape index (κ3) is 4.27. The number of methoxy groups -OCH3 is 1. The molecule has 1 unspecified atom stereocenters. The van der Waals surface area contributed by atoms with Crippen LogP contribution in [0.15, 0.2) is 12.4 Å². The number of aromatic nitrogens is 2. The van der Waals surface area contributed by atoms with E-state index in [1.165, 1.54) is 4.88 Å². The summed E-state index contributed by atoms with van der Waals surface area (Å²) in [5.74, 6) is 1.13. The van der Waals surface area contributed by atoms with E-state index in [9.17, 15) is 4.79 Å². The summed E-state index contributed by atoms with van der Waals surface area (Å²) in [6.45, 7) is 5.16. The van der Waals surface area contributed by atoms with Crippen molar-refractivity contribution in [2.24, 2.45) is 5.92 Å². The highest BCUT2D eigenvalue weighted by molar-refractivity contribution is 7.18. The number of aryl methyl sites for hydroxylation is 1. The Morgan fingerprint density at radius 3 is 3.16 bits per heavy atom. The fraction of sp³-hybridized carbons (Fsp3) is 0.611. The molecule has 1 amide bonds. The minimum absolute atomic E-state index is 0.0191. The van der Waals surface area contributed by atoms with E-state index in [0.29, 0.717) is 13.2 Å². The molecule has 2 aromatic heterocycles. The Hall–Kier alpha value is -1.73. The molecule has 25 heavy (non-hydrogen) atoms. The summed E-state index contributed by atoms with van der Waals surface area (Å²) in [5.41, 5.74) is 0. The van der Waals surface area contributed by atoms with Crippen LogP contribution in [0.3, 0.4) is 0 Å². The maximum absolute atomic E-state index is 12.4. The van der Waals surface area contributed by atoms with Gasteiger partial charge in [0.2, 0.25) is 5.91 Å². The molecule has 2 aromatic rings. The molecule has 0 aliphatic carbocycles. The van der Waals surface area contributed by atoms with Gasteiger partial charge in [0.1, 0.15) is 17.0 Å². The van der Waals surface area contributed by atoms with E-state index in [-0.39, 0.29) is 11.8 Å². The molecular formula is C18H26N4O2S. The molecule has 3 heterocycles. The lowest BCUT2D eigenvalue weighted by Crippen LogP contribution is -2.43. The highest BCUT2D eigenvalue weighted by atomic mass is 32.1. The van der Waals surface area contributed by atoms with E-state index in [1.54, 1.807) is 24.8 Å². The Kier molecular flexibility index (Phi) is 6.20. The van der Waals surface area contributed by atoms with E-state index in [1.807, 2.05) is 0 Å². The number of nitrogens with one attached hydrogen (secondary N) is 1. The van der Waals surface area contributed by atoms with Crippen molar-refractivity contribution in [3.8, 4) is 0 Å². The first-order chi connectivity index (χ1) is 12.2. The average molecular weight is 362 g/mol. The molecule has 1 fully saturated rings. The van der Waals surface area contributed by atoms with Crippen LogP contribution in [-0.2, 0) is 16.0 Å². The van der Waals surface area contributed by atoms with E-state index < -0.39 is 0 Å². The minimum Gasteiger partial charge on any atom is -0.385 e. The first-order valence-corrected chi connectivity index (χ1v) is 9.79. The average Bonchev–Trinajstić information content (AvgIpc) is 3.08. The van der Waals surface area contributed by atoms with E-state index in [0.717, 1.165) is 54.8 Å². The van der Waals surface area contributed by atoms with Gasteiger partial charge >= 0.3 is 0 Å². The van der Waals surface area contributed by atoms with Gasteiger partial charge in [-0.2, -0.15) is 0 Å². The quantitative estimate of drug-likeness (QED) is 0.767. The molecular weight excluding hydrogens is 336 g/mol. The molecule has 1 aliphatic rings. The largest absolute Gasteiger partial charge is 0.385 e. The molecule has 0 saturated carbocycles. The Bertz CT molecular complexity index is 718. The number of nitrogens with zero attached hydrogens (tertiary/aromatic N) is 3. The second kappa shape index (κ2) is 8.58. The number of piperidine rings is 1. The second-order valence-corrected chi connectivity index (χ2v) is 7.52. The van der Waals surface area contributed by atoms with Gasteiger partial charge in [0.05, 0.1) is 11.3 Å². The van der Waals surface area contributed by atoms with Gasteiger partial charge < -0.3 is 15.0 Å². The van der Waals surface area contributed by atoms with Crippen molar-refractivity contribution in [2.75, 3.05) is 38.3 Å². The third-order valence-corrected chi connectivity index (χ3v) is 5.81. The van der Waals surface area contributed by atoms with Gasteiger partial charge in [0.25, 0.3) is 0 Å². The predicted octanol–water partition coefficient (Wildman–Crippen LogP) is 2.62. The first kappa shape index (κ1) is 18.1. The number of thiophene rings is 1. The van der Waals surface area contributed by atoms with Crippen molar-refractivity contribution in [1.29, 1.82) is 0 Å². The Morgan fingerprint density at radius 2 is 2.36 bits per heavy atom. The van der Waals surface area contributed by atoms with Crippen molar-refractivity contribution < 1.29 is 9.53 Å². The van der Waals surface area contributed by atoms with Crippen LogP contribution in [0, 0.1) is 5.92 Å². The smallest absolute Gasteiger partial charge is 0.224 e. The molecule has 3 rings (SSSR count). The van der Waals surface area contributed by atoms with Crippen LogP contribution in [0.4, 0.5) is 5.82 Å². The molecule has 0 radical (unpaired) electrons. The van der Waals surface area contributed by atoms with Crippen LogP contribution in [-0.4, -0.2) is 49.2 Å². The summed E-state index contributed by atoms with van der Waals surface area (Å²) in [7, 11) is 1.68. The number of hydrogen-bond acceptors (Lipinski definition) is 6. The summed E-state index contributed by atoms with van der Waals surface area (Å²) < 4.78 is 5.02. The van der Waals surface area contributed by atoms with Gasteiger partial charge in [-0.3, -0.25) is 4.79 Å². The number of amides is 1. The lowest BCUT2D eigenvalue weighted by Gasteiger charge is -2.33. The maximum atomic E-state index is 12.4. The number of fused-ring (bicyclic) bond motifs is 1. The Balaban J connectivity index is 1.69. The van der Waals surface area contributed by atoms with E-state index in [2.05, 4.69) is 33.2 Å². The molecule has 1 saturated heterocycles. The van der Waals surface area contributed by atoms with Crippen molar-refractivity contribution in [2.45, 2.75) is 32.6 Å². The van der Waals surface area contributed by atoms with Gasteiger partial charge in [-0.05, 0) is 31.7 Å². The zero-order valence-electron chi connectivity index (χ0n) is 15.0. The number of carbonyl (C=O) groups is 1. The number of rotatable bonds is 7. The zero-order chi connectivity index (χ0) is 17.6. The molecule has 1 atom stereocenters. The second-order valence-electron chi connectivity index (χ2n) is 6.40. The monoisotopic (exact) mass is 362 g/mol. The molecule has 0 aromatic carbocycles. The Morgan fingerprint density at radius 1 is 1.48 bits per heavy atom. The highest BCUT2D eigenvalue weighted by Crippen LogP contribution is 2.32. The molecule has 7 heteroatoms. The summed E-state index contributed by atoms with van der Waals surface area (Å²) in [4.78, 5) is 26.0. The maximum Gasteiger partial charge on any atom is 0.224 e. The van der Waals surface area contributed by atoms with Crippen LogP contribution < -0.4 is 10.2 Å². The molecule has 0 spiro atoms. The number of carbonyl (C=O) groups excluding carboxylic acids is 1. The normalized spacial score (nSPS) is 17.8. The number of anilines is 1. The number of ether oxygens (including phenoxy) is 1. The summed E-state index contributed by atoms with van der Waals surface area (Å²) in [6, 6.07) is 2.20. The topological polar surface area (TPSA) is 67.4 Å². The van der Waals surface area contributed by atoms with Gasteiger partial charge in [0.15, 0.2) is 0 Å². The fourth-order valence-corrected chi connectivity index (χ4v) is 4.20. The van der Waals surface area contributed by atoms with Crippen LogP contribution in [0.2, 0.25) is 0 Å². The van der Waals surface area contributed by atoms with Crippen LogP contribution in [0.25, 0.3) is 10.2 Å². The minimum atomic E-state index is 0.0191. The van der Waals surface area contributed by atoms with Crippen LogP contribution in [0.1, 0.15) is 31.1 Å². The standard InChI is InChI=1S/C18H26N4O2S/c1-3-14-10-15-16(20-12-21-18(15)25-14)22-8-4-6-13(11-22)17(23)19-7-5-9-24-2/h10,12-13H,3-9,11H2,1-2H3,(H,19,23). The molecule has 6 nitrogen and oxygen atoms in total. The predicted molar refractivity (Wildman–Crippen MR) is 101 cm³/mol. The first-order valence-electron chi connectivity index (χ1n) is 8.98. The van der Waals surface area contributed by atoms with Gasteiger partial charge in [-0.1, -0.05) is 6.92 Å².